The van der Waals surface area contributed by atoms with Crippen molar-refractivity contribution < 1.29 is 22.3 Å². The highest BCUT2D eigenvalue weighted by Gasteiger charge is 2.26. The van der Waals surface area contributed by atoms with Crippen LogP contribution in [0.4, 0.5) is 10.1 Å². The highest BCUT2D eigenvalue weighted by molar-refractivity contribution is 7.89. The Morgan fingerprint density at radius 3 is 2.45 bits per heavy atom. The van der Waals surface area contributed by atoms with Crippen LogP contribution in [0.25, 0.3) is 0 Å². The van der Waals surface area contributed by atoms with Crippen LogP contribution in [0.1, 0.15) is 26.3 Å². The Morgan fingerprint density at radius 2 is 1.86 bits per heavy atom. The lowest BCUT2D eigenvalue weighted by atomic mass is 10.1. The van der Waals surface area contributed by atoms with Crippen molar-refractivity contribution in [3.63, 3.8) is 0 Å². The first-order valence-corrected chi connectivity index (χ1v) is 11.1. The van der Waals surface area contributed by atoms with E-state index < -0.39 is 21.7 Å². The molecule has 29 heavy (non-hydrogen) atoms. The van der Waals surface area contributed by atoms with Gasteiger partial charge in [-0.1, -0.05) is 31.5 Å². The molecule has 0 aliphatic rings. The number of sulfonamides is 1. The van der Waals surface area contributed by atoms with Gasteiger partial charge in [-0.05, 0) is 37.3 Å². The zero-order chi connectivity index (χ0) is 21.6. The average molecular weight is 443 g/mol. The summed E-state index contributed by atoms with van der Waals surface area (Å²) in [6, 6.07) is 8.55. The molecule has 0 bridgehead atoms. The van der Waals surface area contributed by atoms with E-state index in [1.807, 2.05) is 0 Å². The van der Waals surface area contributed by atoms with Crippen molar-refractivity contribution in [1.82, 2.24) is 4.31 Å². The molecular formula is C20H24ClFN2O4S. The van der Waals surface area contributed by atoms with E-state index in [1.165, 1.54) is 40.7 Å². The molecule has 0 saturated carbocycles. The maximum absolute atomic E-state index is 13.9. The van der Waals surface area contributed by atoms with Gasteiger partial charge in [-0.15, -0.1) is 0 Å². The molecule has 0 heterocycles. The van der Waals surface area contributed by atoms with E-state index in [0.29, 0.717) is 13.1 Å². The zero-order valence-corrected chi connectivity index (χ0v) is 18.1. The minimum absolute atomic E-state index is 0.0372. The van der Waals surface area contributed by atoms with Crippen LogP contribution in [0, 0.1) is 5.82 Å². The van der Waals surface area contributed by atoms with Crippen molar-refractivity contribution in [2.24, 2.45) is 0 Å². The molecule has 1 amide bonds. The van der Waals surface area contributed by atoms with E-state index in [9.17, 15) is 17.6 Å². The Kier molecular flexibility index (Phi) is 8.01. The molecule has 0 unspecified atom stereocenters. The summed E-state index contributed by atoms with van der Waals surface area (Å²) in [5.41, 5.74) is 0.338. The lowest BCUT2D eigenvalue weighted by Gasteiger charge is -2.21. The molecule has 0 atom stereocenters. The second-order valence-corrected chi connectivity index (χ2v) is 8.42. The molecule has 6 nitrogen and oxygen atoms in total. The van der Waals surface area contributed by atoms with Crippen molar-refractivity contribution in [2.75, 3.05) is 25.0 Å². The number of nitrogens with zero attached hydrogens (tertiary/aromatic N) is 1. The first-order valence-electron chi connectivity index (χ1n) is 9.24. The standard InChI is InChI=1S/C20H24ClFN2O4S/c1-4-24(5-2)29(26,27)19-12-14(10-11-18(19)28-6-3)23-20(25)13-15-16(21)8-7-9-17(15)22/h7-12H,4-6,13H2,1-3H3,(H,23,25). The number of halogens is 2. The number of carbonyl (C=O) groups is 1. The number of carbonyl (C=O) groups excluding carboxylic acids is 1. The minimum atomic E-state index is -3.81. The number of hydrogen-bond donors (Lipinski definition) is 1. The van der Waals surface area contributed by atoms with E-state index in [2.05, 4.69) is 5.32 Å². The Labute approximate surface area is 175 Å². The third-order valence-electron chi connectivity index (χ3n) is 4.25. The van der Waals surface area contributed by atoms with E-state index >= 15 is 0 Å². The maximum Gasteiger partial charge on any atom is 0.246 e. The number of ether oxygens (including phenoxy) is 1. The van der Waals surface area contributed by atoms with Crippen LogP contribution in [-0.2, 0) is 21.2 Å². The van der Waals surface area contributed by atoms with Crippen molar-refractivity contribution in [3.05, 3.63) is 52.8 Å². The van der Waals surface area contributed by atoms with Gasteiger partial charge < -0.3 is 10.1 Å². The summed E-state index contributed by atoms with van der Waals surface area (Å²) < 4.78 is 46.6. The van der Waals surface area contributed by atoms with Gasteiger partial charge in [0, 0.05) is 29.4 Å². The van der Waals surface area contributed by atoms with Crippen molar-refractivity contribution in [3.8, 4) is 5.75 Å². The van der Waals surface area contributed by atoms with Crippen molar-refractivity contribution >= 4 is 33.2 Å². The largest absolute Gasteiger partial charge is 0.492 e. The van der Waals surface area contributed by atoms with Gasteiger partial charge in [0.05, 0.1) is 13.0 Å². The first-order chi connectivity index (χ1) is 13.7. The molecule has 158 valence electrons. The Hall–Kier alpha value is -2.16. The molecule has 0 aliphatic carbocycles. The monoisotopic (exact) mass is 442 g/mol. The molecule has 0 spiro atoms. The predicted molar refractivity (Wildman–Crippen MR) is 111 cm³/mol. The Bertz CT molecular complexity index is 958. The second kappa shape index (κ2) is 10.0. The summed E-state index contributed by atoms with van der Waals surface area (Å²) in [6.07, 6.45) is -0.281. The van der Waals surface area contributed by atoms with E-state index in [1.54, 1.807) is 20.8 Å². The van der Waals surface area contributed by atoms with Gasteiger partial charge in [0.1, 0.15) is 16.5 Å². The normalized spacial score (nSPS) is 11.5. The molecule has 0 aromatic heterocycles. The first kappa shape index (κ1) is 23.1. The van der Waals surface area contributed by atoms with Gasteiger partial charge in [0.2, 0.25) is 15.9 Å². The second-order valence-electron chi connectivity index (χ2n) is 6.11. The summed E-state index contributed by atoms with van der Waals surface area (Å²) in [7, 11) is -3.81. The molecule has 2 aromatic rings. The van der Waals surface area contributed by atoms with E-state index in [4.69, 9.17) is 16.3 Å². The van der Waals surface area contributed by atoms with Crippen LogP contribution >= 0.6 is 11.6 Å². The fraction of sp³-hybridized carbons (Fsp3) is 0.350. The fourth-order valence-electron chi connectivity index (χ4n) is 2.83. The summed E-state index contributed by atoms with van der Waals surface area (Å²) >= 11 is 5.96. The van der Waals surface area contributed by atoms with Gasteiger partial charge >= 0.3 is 0 Å². The molecule has 0 radical (unpaired) electrons. The highest BCUT2D eigenvalue weighted by Crippen LogP contribution is 2.30. The fourth-order valence-corrected chi connectivity index (χ4v) is 4.68. The average Bonchev–Trinajstić information content (AvgIpc) is 2.67. The molecular weight excluding hydrogens is 419 g/mol. The minimum Gasteiger partial charge on any atom is -0.492 e. The molecule has 0 aliphatic heterocycles. The quantitative estimate of drug-likeness (QED) is 0.634. The van der Waals surface area contributed by atoms with Crippen LogP contribution in [0.3, 0.4) is 0 Å². The van der Waals surface area contributed by atoms with Crippen LogP contribution in [0.2, 0.25) is 5.02 Å². The van der Waals surface area contributed by atoms with Crippen LogP contribution in [0.5, 0.6) is 5.75 Å². The van der Waals surface area contributed by atoms with Crippen LogP contribution in [0.15, 0.2) is 41.3 Å². The number of hydrogen-bond acceptors (Lipinski definition) is 4. The molecule has 0 fully saturated rings. The highest BCUT2D eigenvalue weighted by atomic mass is 35.5. The van der Waals surface area contributed by atoms with Gasteiger partial charge in [0.15, 0.2) is 0 Å². The summed E-state index contributed by atoms with van der Waals surface area (Å²) in [6.45, 7) is 6.12. The Balaban J connectivity index is 2.34. The number of amides is 1. The molecule has 2 aromatic carbocycles. The number of benzene rings is 2. The smallest absolute Gasteiger partial charge is 0.246 e. The predicted octanol–water partition coefficient (Wildman–Crippen LogP) is 4.09. The van der Waals surface area contributed by atoms with Crippen molar-refractivity contribution in [1.29, 1.82) is 0 Å². The number of nitrogens with one attached hydrogen (secondary N) is 1. The molecule has 0 saturated heterocycles. The lowest BCUT2D eigenvalue weighted by molar-refractivity contribution is -0.115. The third kappa shape index (κ3) is 5.46. The molecule has 1 N–H and O–H groups in total. The molecule has 9 heteroatoms. The van der Waals surface area contributed by atoms with E-state index in [0.717, 1.165) is 0 Å². The number of rotatable bonds is 9. The maximum atomic E-state index is 13.9. The number of anilines is 1. The van der Waals surface area contributed by atoms with Crippen molar-refractivity contribution in [2.45, 2.75) is 32.1 Å². The van der Waals surface area contributed by atoms with E-state index in [-0.39, 0.29) is 39.9 Å². The van der Waals surface area contributed by atoms with Gasteiger partial charge in [0.25, 0.3) is 0 Å². The van der Waals surface area contributed by atoms with Gasteiger partial charge in [-0.2, -0.15) is 4.31 Å². The molecule has 2 rings (SSSR count). The summed E-state index contributed by atoms with van der Waals surface area (Å²) in [5.74, 6) is -0.897. The summed E-state index contributed by atoms with van der Waals surface area (Å²) in [4.78, 5) is 12.3. The topological polar surface area (TPSA) is 75.7 Å². The van der Waals surface area contributed by atoms with Gasteiger partial charge in [-0.3, -0.25) is 4.79 Å². The SMILES string of the molecule is CCOc1ccc(NC(=O)Cc2c(F)cccc2Cl)cc1S(=O)(=O)N(CC)CC. The third-order valence-corrected chi connectivity index (χ3v) is 6.67. The summed E-state index contributed by atoms with van der Waals surface area (Å²) in [5, 5.41) is 2.75. The zero-order valence-electron chi connectivity index (χ0n) is 16.5. The van der Waals surface area contributed by atoms with Crippen LogP contribution in [-0.4, -0.2) is 38.3 Å². The Morgan fingerprint density at radius 1 is 1.17 bits per heavy atom. The van der Waals surface area contributed by atoms with Crippen LogP contribution < -0.4 is 10.1 Å². The van der Waals surface area contributed by atoms with Gasteiger partial charge in [-0.25, -0.2) is 12.8 Å². The lowest BCUT2D eigenvalue weighted by Crippen LogP contribution is -2.31.